The van der Waals surface area contributed by atoms with E-state index in [1.165, 1.54) is 69.6 Å². The normalized spacial score (nSPS) is 28.7. The molecule has 2 nitrogen and oxygen atoms in total. The summed E-state index contributed by atoms with van der Waals surface area (Å²) in [5.74, 6) is 0. The van der Waals surface area contributed by atoms with E-state index in [0.29, 0.717) is 5.54 Å². The van der Waals surface area contributed by atoms with E-state index in [0.717, 1.165) is 5.25 Å². The van der Waals surface area contributed by atoms with Crippen LogP contribution in [0, 0.1) is 0 Å². The van der Waals surface area contributed by atoms with Gasteiger partial charge in [0.1, 0.15) is 0 Å². The van der Waals surface area contributed by atoms with Crippen molar-refractivity contribution in [2.24, 2.45) is 0 Å². The highest BCUT2D eigenvalue weighted by Gasteiger charge is 2.37. The van der Waals surface area contributed by atoms with E-state index in [9.17, 15) is 0 Å². The Morgan fingerprint density at radius 2 is 2.05 bits per heavy atom. The third-order valence-corrected chi connectivity index (χ3v) is 6.74. The SMILES string of the molecule is c1ccc2c(c1)CC(CN1CCNC3(CCCCC3)C1)S2. The van der Waals surface area contributed by atoms with Crippen LogP contribution in [0.2, 0.25) is 0 Å². The monoisotopic (exact) mass is 302 g/mol. The van der Waals surface area contributed by atoms with Gasteiger partial charge in [0.05, 0.1) is 0 Å². The molecular weight excluding hydrogens is 276 g/mol. The molecule has 2 heterocycles. The van der Waals surface area contributed by atoms with Gasteiger partial charge in [0.25, 0.3) is 0 Å². The maximum Gasteiger partial charge on any atom is 0.0309 e. The third-order valence-electron chi connectivity index (χ3n) is 5.44. The number of thioether (sulfide) groups is 1. The van der Waals surface area contributed by atoms with Crippen LogP contribution in [-0.2, 0) is 6.42 Å². The van der Waals surface area contributed by atoms with Gasteiger partial charge in [-0.25, -0.2) is 0 Å². The first kappa shape index (κ1) is 14.1. The number of nitrogens with zero attached hydrogens (tertiary/aromatic N) is 1. The standard InChI is InChI=1S/C18H26N2S/c1-4-8-18(9-5-1)14-20(11-10-19-18)13-16-12-15-6-2-3-7-17(15)21-16/h2-3,6-7,16,19H,1,4-5,8-14H2. The summed E-state index contributed by atoms with van der Waals surface area (Å²) in [5, 5.41) is 4.62. The number of nitrogens with one attached hydrogen (secondary N) is 1. The second-order valence-corrected chi connectivity index (χ2v) is 8.40. The van der Waals surface area contributed by atoms with E-state index in [1.54, 1.807) is 5.56 Å². The molecule has 3 heteroatoms. The summed E-state index contributed by atoms with van der Waals surface area (Å²) in [4.78, 5) is 4.26. The first-order valence-electron chi connectivity index (χ1n) is 8.55. The molecule has 2 aliphatic heterocycles. The minimum absolute atomic E-state index is 0.451. The van der Waals surface area contributed by atoms with Gasteiger partial charge in [0.2, 0.25) is 0 Å². The molecule has 1 saturated carbocycles. The summed E-state index contributed by atoms with van der Waals surface area (Å²) in [6, 6.07) is 8.96. The summed E-state index contributed by atoms with van der Waals surface area (Å²) < 4.78 is 0. The molecule has 1 aromatic rings. The summed E-state index contributed by atoms with van der Waals surface area (Å²) in [7, 11) is 0. The molecule has 1 N–H and O–H groups in total. The quantitative estimate of drug-likeness (QED) is 0.902. The second kappa shape index (κ2) is 5.94. The van der Waals surface area contributed by atoms with Gasteiger partial charge in [0.15, 0.2) is 0 Å². The van der Waals surface area contributed by atoms with Crippen molar-refractivity contribution in [3.05, 3.63) is 29.8 Å². The lowest BCUT2D eigenvalue weighted by atomic mass is 9.80. The molecular formula is C18H26N2S. The van der Waals surface area contributed by atoms with E-state index in [4.69, 9.17) is 0 Å². The molecule has 2 fully saturated rings. The highest BCUT2D eigenvalue weighted by molar-refractivity contribution is 8.00. The molecule has 114 valence electrons. The van der Waals surface area contributed by atoms with Crippen LogP contribution in [-0.4, -0.2) is 41.9 Å². The summed E-state index contributed by atoms with van der Waals surface area (Å²) in [6.45, 7) is 4.96. The number of piperazine rings is 1. The Morgan fingerprint density at radius 1 is 1.19 bits per heavy atom. The van der Waals surface area contributed by atoms with E-state index in [1.807, 2.05) is 0 Å². The Morgan fingerprint density at radius 3 is 2.90 bits per heavy atom. The van der Waals surface area contributed by atoms with Crippen molar-refractivity contribution in [1.29, 1.82) is 0 Å². The molecule has 3 aliphatic rings. The number of fused-ring (bicyclic) bond motifs is 1. The Balaban J connectivity index is 1.37. The Kier molecular flexibility index (Phi) is 3.99. The molecule has 4 rings (SSSR count). The van der Waals surface area contributed by atoms with Crippen molar-refractivity contribution in [1.82, 2.24) is 10.2 Å². The number of rotatable bonds is 2. The first-order chi connectivity index (χ1) is 10.3. The lowest BCUT2D eigenvalue weighted by molar-refractivity contribution is 0.1000. The van der Waals surface area contributed by atoms with Gasteiger partial charge >= 0.3 is 0 Å². The molecule has 1 spiro atoms. The van der Waals surface area contributed by atoms with Gasteiger partial charge in [-0.1, -0.05) is 37.5 Å². The third kappa shape index (κ3) is 3.01. The lowest BCUT2D eigenvalue weighted by Crippen LogP contribution is -2.61. The minimum atomic E-state index is 0.451. The van der Waals surface area contributed by atoms with Crippen LogP contribution in [0.5, 0.6) is 0 Å². The average Bonchev–Trinajstić information content (AvgIpc) is 2.90. The molecule has 21 heavy (non-hydrogen) atoms. The zero-order valence-corrected chi connectivity index (χ0v) is 13.6. The van der Waals surface area contributed by atoms with Gasteiger partial charge in [-0.3, -0.25) is 4.90 Å². The van der Waals surface area contributed by atoms with Crippen molar-refractivity contribution in [2.45, 2.75) is 54.2 Å². The molecule has 1 atom stereocenters. The number of hydrogen-bond acceptors (Lipinski definition) is 3. The fourth-order valence-corrected chi connectivity index (χ4v) is 5.77. The number of hydrogen-bond donors (Lipinski definition) is 1. The molecule has 0 radical (unpaired) electrons. The van der Waals surface area contributed by atoms with Gasteiger partial charge in [-0.15, -0.1) is 11.8 Å². The van der Waals surface area contributed by atoms with E-state index in [-0.39, 0.29) is 0 Å². The zero-order chi connectivity index (χ0) is 14.1. The fraction of sp³-hybridized carbons (Fsp3) is 0.667. The molecule has 1 unspecified atom stereocenters. The van der Waals surface area contributed by atoms with Gasteiger partial charge in [-0.05, 0) is 30.9 Å². The topological polar surface area (TPSA) is 15.3 Å². The lowest BCUT2D eigenvalue weighted by Gasteiger charge is -2.46. The Labute approximate surface area is 132 Å². The van der Waals surface area contributed by atoms with Gasteiger partial charge in [-0.2, -0.15) is 0 Å². The van der Waals surface area contributed by atoms with Crippen LogP contribution in [0.15, 0.2) is 29.2 Å². The van der Waals surface area contributed by atoms with Crippen molar-refractivity contribution in [2.75, 3.05) is 26.2 Å². The highest BCUT2D eigenvalue weighted by atomic mass is 32.2. The average molecular weight is 302 g/mol. The van der Waals surface area contributed by atoms with Crippen LogP contribution in [0.4, 0.5) is 0 Å². The highest BCUT2D eigenvalue weighted by Crippen LogP contribution is 2.38. The number of benzene rings is 1. The van der Waals surface area contributed by atoms with Gasteiger partial charge in [0, 0.05) is 41.9 Å². The van der Waals surface area contributed by atoms with Crippen LogP contribution in [0.1, 0.15) is 37.7 Å². The Bertz CT molecular complexity index is 465. The maximum atomic E-state index is 3.86. The Hall–Kier alpha value is -0.510. The molecule has 0 aromatic heterocycles. The molecule has 0 amide bonds. The van der Waals surface area contributed by atoms with Crippen molar-refractivity contribution in [3.63, 3.8) is 0 Å². The van der Waals surface area contributed by atoms with Crippen LogP contribution >= 0.6 is 11.8 Å². The van der Waals surface area contributed by atoms with E-state index >= 15 is 0 Å². The zero-order valence-electron chi connectivity index (χ0n) is 12.8. The summed E-state index contributed by atoms with van der Waals surface area (Å²) >= 11 is 2.10. The van der Waals surface area contributed by atoms with Crippen molar-refractivity contribution in [3.8, 4) is 0 Å². The maximum absolute atomic E-state index is 3.86. The van der Waals surface area contributed by atoms with E-state index in [2.05, 4.69) is 46.2 Å². The molecule has 0 bridgehead atoms. The smallest absolute Gasteiger partial charge is 0.0309 e. The molecule has 1 aromatic carbocycles. The van der Waals surface area contributed by atoms with Gasteiger partial charge < -0.3 is 5.32 Å². The molecule has 1 saturated heterocycles. The fourth-order valence-electron chi connectivity index (χ4n) is 4.41. The van der Waals surface area contributed by atoms with E-state index < -0.39 is 0 Å². The predicted octanol–water partition coefficient (Wildman–Crippen LogP) is 3.31. The van der Waals surface area contributed by atoms with Crippen LogP contribution < -0.4 is 5.32 Å². The summed E-state index contributed by atoms with van der Waals surface area (Å²) in [6.07, 6.45) is 8.33. The van der Waals surface area contributed by atoms with Crippen molar-refractivity contribution >= 4 is 11.8 Å². The van der Waals surface area contributed by atoms with Crippen LogP contribution in [0.25, 0.3) is 0 Å². The van der Waals surface area contributed by atoms with Crippen molar-refractivity contribution < 1.29 is 0 Å². The second-order valence-electron chi connectivity index (χ2n) is 7.05. The summed E-state index contributed by atoms with van der Waals surface area (Å²) in [5.41, 5.74) is 2.02. The largest absolute Gasteiger partial charge is 0.309 e. The predicted molar refractivity (Wildman–Crippen MR) is 90.0 cm³/mol. The molecule has 1 aliphatic carbocycles. The first-order valence-corrected chi connectivity index (χ1v) is 9.43. The minimum Gasteiger partial charge on any atom is -0.309 e. The van der Waals surface area contributed by atoms with Crippen LogP contribution in [0.3, 0.4) is 0 Å².